The van der Waals surface area contributed by atoms with Gasteiger partial charge < -0.3 is 0 Å². The van der Waals surface area contributed by atoms with Crippen molar-refractivity contribution in [2.45, 2.75) is 10.1 Å². The monoisotopic (exact) mass is 351 g/mol. The van der Waals surface area contributed by atoms with Gasteiger partial charge in [-0.3, -0.25) is 10.1 Å². The third kappa shape index (κ3) is 3.90. The third-order valence-electron chi connectivity index (χ3n) is 2.69. The Labute approximate surface area is 138 Å². The number of anilines is 1. The average molecular weight is 351 g/mol. The van der Waals surface area contributed by atoms with E-state index in [1.165, 1.54) is 46.6 Å². The lowest BCUT2D eigenvalue weighted by atomic mass is 10.2. The molecule has 3 aromatic rings. The molecule has 0 aliphatic rings. The highest BCUT2D eigenvalue weighted by Crippen LogP contribution is 2.28. The second kappa shape index (κ2) is 6.99. The minimum absolute atomic E-state index is 0.188. The average Bonchev–Trinajstić information content (AvgIpc) is 3.18. The zero-order chi connectivity index (χ0) is 15.4. The number of aromatic nitrogens is 2. The van der Waals surface area contributed by atoms with Crippen molar-refractivity contribution in [1.82, 2.24) is 10.2 Å². The molecule has 2 aromatic heterocycles. The van der Waals surface area contributed by atoms with Crippen LogP contribution in [0.1, 0.15) is 15.9 Å². The van der Waals surface area contributed by atoms with Gasteiger partial charge in [0.1, 0.15) is 5.82 Å². The summed E-state index contributed by atoms with van der Waals surface area (Å²) < 4.78 is 13.6. The highest BCUT2D eigenvalue weighted by molar-refractivity contribution is 8.00. The van der Waals surface area contributed by atoms with Gasteiger partial charge in [-0.25, -0.2) is 4.39 Å². The normalized spacial score (nSPS) is 10.6. The van der Waals surface area contributed by atoms with Gasteiger partial charge in [0.15, 0.2) is 4.34 Å². The topological polar surface area (TPSA) is 54.9 Å². The quantitative estimate of drug-likeness (QED) is 0.550. The van der Waals surface area contributed by atoms with Crippen LogP contribution >= 0.6 is 34.4 Å². The van der Waals surface area contributed by atoms with Crippen molar-refractivity contribution >= 4 is 45.5 Å². The Kier molecular flexibility index (Phi) is 4.81. The number of thiophene rings is 1. The molecule has 0 saturated carbocycles. The van der Waals surface area contributed by atoms with Crippen LogP contribution in [0.3, 0.4) is 0 Å². The molecule has 0 saturated heterocycles. The lowest BCUT2D eigenvalue weighted by Gasteiger charge is -1.98. The Morgan fingerprint density at radius 2 is 2.05 bits per heavy atom. The molecule has 3 rings (SSSR count). The Morgan fingerprint density at radius 1 is 1.23 bits per heavy atom. The number of hydrogen-bond acceptors (Lipinski definition) is 6. The molecule has 0 aliphatic heterocycles. The minimum Gasteiger partial charge on any atom is -0.296 e. The number of amides is 1. The SMILES string of the molecule is O=C(Nc1nnc(SCc2ccc(F)cc2)s1)c1ccsc1. The van der Waals surface area contributed by atoms with Crippen molar-refractivity contribution < 1.29 is 9.18 Å². The van der Waals surface area contributed by atoms with Gasteiger partial charge in [0.05, 0.1) is 5.56 Å². The van der Waals surface area contributed by atoms with Gasteiger partial charge in [-0.05, 0) is 29.1 Å². The summed E-state index contributed by atoms with van der Waals surface area (Å²) >= 11 is 4.28. The van der Waals surface area contributed by atoms with Gasteiger partial charge in [-0.1, -0.05) is 35.2 Å². The molecule has 0 atom stereocenters. The van der Waals surface area contributed by atoms with E-state index >= 15 is 0 Å². The van der Waals surface area contributed by atoms with E-state index in [9.17, 15) is 9.18 Å². The molecule has 0 bridgehead atoms. The highest BCUT2D eigenvalue weighted by Gasteiger charge is 2.10. The number of hydrogen-bond donors (Lipinski definition) is 1. The molecule has 4 nitrogen and oxygen atoms in total. The Hall–Kier alpha value is -1.77. The fraction of sp³-hybridized carbons (Fsp3) is 0.0714. The third-order valence-corrected chi connectivity index (χ3v) is 5.41. The number of benzene rings is 1. The predicted octanol–water partition coefficient (Wildman–Crippen LogP) is 4.28. The summed E-state index contributed by atoms with van der Waals surface area (Å²) in [4.78, 5) is 11.9. The first-order valence-corrected chi connectivity index (χ1v) is 8.99. The van der Waals surface area contributed by atoms with Gasteiger partial charge in [0.25, 0.3) is 5.91 Å². The molecular weight excluding hydrogens is 341 g/mol. The van der Waals surface area contributed by atoms with Crippen LogP contribution in [0, 0.1) is 5.82 Å². The number of halogens is 1. The van der Waals surface area contributed by atoms with Crippen LogP contribution in [0.25, 0.3) is 0 Å². The molecule has 0 fully saturated rings. The van der Waals surface area contributed by atoms with Crippen LogP contribution in [-0.4, -0.2) is 16.1 Å². The summed E-state index contributed by atoms with van der Waals surface area (Å²) in [6, 6.07) is 8.10. The molecule has 1 amide bonds. The van der Waals surface area contributed by atoms with E-state index < -0.39 is 0 Å². The molecule has 0 spiro atoms. The van der Waals surface area contributed by atoms with Gasteiger partial charge in [0.2, 0.25) is 5.13 Å². The zero-order valence-electron chi connectivity index (χ0n) is 11.2. The molecule has 2 heterocycles. The lowest BCUT2D eigenvalue weighted by molar-refractivity contribution is 0.102. The van der Waals surface area contributed by atoms with E-state index in [1.54, 1.807) is 23.6 Å². The summed E-state index contributed by atoms with van der Waals surface area (Å²) in [5.41, 5.74) is 1.62. The largest absolute Gasteiger partial charge is 0.296 e. The van der Waals surface area contributed by atoms with Crippen molar-refractivity contribution in [2.75, 3.05) is 5.32 Å². The van der Waals surface area contributed by atoms with E-state index in [2.05, 4.69) is 15.5 Å². The van der Waals surface area contributed by atoms with Crippen LogP contribution in [0.5, 0.6) is 0 Å². The maximum Gasteiger partial charge on any atom is 0.258 e. The Bertz CT molecular complexity index is 756. The highest BCUT2D eigenvalue weighted by atomic mass is 32.2. The molecule has 1 aromatic carbocycles. The summed E-state index contributed by atoms with van der Waals surface area (Å²) in [5, 5.41) is 14.8. The number of carbonyl (C=O) groups excluding carboxylic acids is 1. The van der Waals surface area contributed by atoms with Gasteiger partial charge >= 0.3 is 0 Å². The first-order chi connectivity index (χ1) is 10.7. The fourth-order valence-electron chi connectivity index (χ4n) is 1.61. The first kappa shape index (κ1) is 15.1. The summed E-state index contributed by atoms with van der Waals surface area (Å²) in [6.45, 7) is 0. The van der Waals surface area contributed by atoms with E-state index in [-0.39, 0.29) is 11.7 Å². The molecule has 0 radical (unpaired) electrons. The van der Waals surface area contributed by atoms with Crippen molar-refractivity contribution in [3.63, 3.8) is 0 Å². The maximum atomic E-state index is 12.8. The van der Waals surface area contributed by atoms with Gasteiger partial charge in [-0.15, -0.1) is 10.2 Å². The van der Waals surface area contributed by atoms with Crippen molar-refractivity contribution in [1.29, 1.82) is 0 Å². The molecule has 0 unspecified atom stereocenters. The smallest absolute Gasteiger partial charge is 0.258 e. The van der Waals surface area contributed by atoms with Crippen molar-refractivity contribution in [3.05, 3.63) is 58.0 Å². The van der Waals surface area contributed by atoms with Crippen LogP contribution in [0.4, 0.5) is 9.52 Å². The minimum atomic E-state index is -0.247. The van der Waals surface area contributed by atoms with Gasteiger partial charge in [-0.2, -0.15) is 11.3 Å². The van der Waals surface area contributed by atoms with Crippen LogP contribution in [0.15, 0.2) is 45.4 Å². The van der Waals surface area contributed by atoms with E-state index in [1.807, 2.05) is 5.38 Å². The predicted molar refractivity (Wildman–Crippen MR) is 88.1 cm³/mol. The standard InChI is InChI=1S/C14H10FN3OS3/c15-11-3-1-9(2-4-11)7-21-14-18-17-13(22-14)16-12(19)10-5-6-20-8-10/h1-6,8H,7H2,(H,16,17,19). The summed E-state index contributed by atoms with van der Waals surface area (Å²) in [6.07, 6.45) is 0. The number of nitrogens with one attached hydrogen (secondary N) is 1. The number of rotatable bonds is 5. The van der Waals surface area contributed by atoms with E-state index in [4.69, 9.17) is 0 Å². The van der Waals surface area contributed by atoms with Crippen LogP contribution in [-0.2, 0) is 5.75 Å². The first-order valence-electron chi connectivity index (χ1n) is 6.25. The van der Waals surface area contributed by atoms with E-state index in [0.717, 1.165) is 9.90 Å². The Balaban J connectivity index is 1.57. The molecular formula is C14H10FN3OS3. The Morgan fingerprint density at radius 3 is 2.77 bits per heavy atom. The molecule has 112 valence electrons. The second-order valence-electron chi connectivity index (χ2n) is 4.25. The number of thioether (sulfide) groups is 1. The van der Waals surface area contributed by atoms with Crippen LogP contribution < -0.4 is 5.32 Å². The molecule has 0 aliphatic carbocycles. The van der Waals surface area contributed by atoms with Crippen molar-refractivity contribution in [3.8, 4) is 0 Å². The zero-order valence-corrected chi connectivity index (χ0v) is 13.6. The number of nitrogens with zero attached hydrogens (tertiary/aromatic N) is 2. The summed E-state index contributed by atoms with van der Waals surface area (Å²) in [5.74, 6) is 0.239. The molecule has 1 N–H and O–H groups in total. The van der Waals surface area contributed by atoms with Crippen LogP contribution in [0.2, 0.25) is 0 Å². The van der Waals surface area contributed by atoms with E-state index in [0.29, 0.717) is 16.4 Å². The molecule has 8 heteroatoms. The molecule has 22 heavy (non-hydrogen) atoms. The second-order valence-corrected chi connectivity index (χ2v) is 7.23. The van der Waals surface area contributed by atoms with Gasteiger partial charge in [0, 0.05) is 11.1 Å². The number of carbonyl (C=O) groups is 1. The van der Waals surface area contributed by atoms with Crippen molar-refractivity contribution in [2.24, 2.45) is 0 Å². The lowest BCUT2D eigenvalue weighted by Crippen LogP contribution is -2.10. The summed E-state index contributed by atoms with van der Waals surface area (Å²) in [7, 11) is 0. The maximum absolute atomic E-state index is 12.8. The fourth-order valence-corrected chi connectivity index (χ4v) is 3.95.